The second-order valence-corrected chi connectivity index (χ2v) is 6.02. The van der Waals surface area contributed by atoms with Gasteiger partial charge in [0.2, 0.25) is 0 Å². The molecule has 0 radical (unpaired) electrons. The molecule has 1 rings (SSSR count). The average molecular weight is 273 g/mol. The van der Waals surface area contributed by atoms with Crippen molar-refractivity contribution in [1.29, 1.82) is 5.26 Å². The molecule has 20 heavy (non-hydrogen) atoms. The normalized spacial score (nSPS) is 15.2. The number of nitriles is 1. The van der Waals surface area contributed by atoms with Crippen LogP contribution in [-0.4, -0.2) is 17.2 Å². The SMILES string of the molecule is CC(C)OC(C)(C)CC(C)(C#N)N=Nc1ccccc1. The highest BCUT2D eigenvalue weighted by atomic mass is 16.5. The second kappa shape index (κ2) is 6.62. The summed E-state index contributed by atoms with van der Waals surface area (Å²) in [5.74, 6) is 0. The van der Waals surface area contributed by atoms with Crippen LogP contribution in [-0.2, 0) is 4.74 Å². The molecule has 4 nitrogen and oxygen atoms in total. The fourth-order valence-corrected chi connectivity index (χ4v) is 2.27. The van der Waals surface area contributed by atoms with E-state index in [0.29, 0.717) is 6.42 Å². The van der Waals surface area contributed by atoms with E-state index in [-0.39, 0.29) is 6.10 Å². The molecule has 0 aliphatic carbocycles. The van der Waals surface area contributed by atoms with Gasteiger partial charge in [-0.25, -0.2) is 0 Å². The third-order valence-electron chi connectivity index (χ3n) is 2.71. The lowest BCUT2D eigenvalue weighted by Crippen LogP contribution is -2.36. The molecule has 0 aliphatic rings. The Hall–Kier alpha value is -1.73. The molecule has 0 bridgehead atoms. The van der Waals surface area contributed by atoms with E-state index >= 15 is 0 Å². The highest BCUT2D eigenvalue weighted by Crippen LogP contribution is 2.28. The summed E-state index contributed by atoms with van der Waals surface area (Å²) < 4.78 is 5.83. The molecule has 0 N–H and O–H groups in total. The Bertz CT molecular complexity index is 488. The lowest BCUT2D eigenvalue weighted by molar-refractivity contribution is -0.0669. The predicted octanol–water partition coefficient (Wildman–Crippen LogP) is 4.65. The quantitative estimate of drug-likeness (QED) is 0.708. The molecule has 1 unspecified atom stereocenters. The van der Waals surface area contributed by atoms with Gasteiger partial charge in [-0.05, 0) is 46.8 Å². The summed E-state index contributed by atoms with van der Waals surface area (Å²) in [5.41, 5.74) is -0.570. The first-order chi connectivity index (χ1) is 9.26. The molecule has 1 aromatic rings. The maximum atomic E-state index is 9.40. The third kappa shape index (κ3) is 5.50. The Labute approximate surface area is 121 Å². The van der Waals surface area contributed by atoms with Gasteiger partial charge in [0.1, 0.15) is 0 Å². The molecule has 4 heteroatoms. The molecule has 0 saturated heterocycles. The van der Waals surface area contributed by atoms with Gasteiger partial charge < -0.3 is 4.74 Å². The van der Waals surface area contributed by atoms with Gasteiger partial charge in [-0.1, -0.05) is 18.2 Å². The smallest absolute Gasteiger partial charge is 0.167 e. The van der Waals surface area contributed by atoms with Crippen molar-refractivity contribution in [1.82, 2.24) is 0 Å². The van der Waals surface area contributed by atoms with Crippen LogP contribution in [0.15, 0.2) is 40.6 Å². The van der Waals surface area contributed by atoms with E-state index in [1.165, 1.54) is 0 Å². The number of benzene rings is 1. The first-order valence-electron chi connectivity index (χ1n) is 6.83. The van der Waals surface area contributed by atoms with Crippen molar-refractivity contribution in [3.8, 4) is 6.07 Å². The van der Waals surface area contributed by atoms with E-state index in [1.54, 1.807) is 6.92 Å². The van der Waals surface area contributed by atoms with E-state index in [1.807, 2.05) is 58.0 Å². The van der Waals surface area contributed by atoms with Crippen molar-refractivity contribution < 1.29 is 4.74 Å². The van der Waals surface area contributed by atoms with Gasteiger partial charge in [-0.15, -0.1) is 0 Å². The monoisotopic (exact) mass is 273 g/mol. The molecular formula is C16H23N3O. The van der Waals surface area contributed by atoms with Crippen LogP contribution in [0.2, 0.25) is 0 Å². The standard InChI is InChI=1S/C16H23N3O/c1-13(2)20-15(3,4)11-16(5,12-17)19-18-14-9-7-6-8-10-14/h6-10,13H,11H2,1-5H3. The molecule has 0 aromatic heterocycles. The van der Waals surface area contributed by atoms with Crippen LogP contribution in [0.4, 0.5) is 5.69 Å². The molecule has 108 valence electrons. The van der Waals surface area contributed by atoms with Crippen LogP contribution in [0.3, 0.4) is 0 Å². The minimum Gasteiger partial charge on any atom is -0.373 e. The molecule has 0 spiro atoms. The van der Waals surface area contributed by atoms with E-state index in [4.69, 9.17) is 4.74 Å². The van der Waals surface area contributed by atoms with Crippen LogP contribution in [0.5, 0.6) is 0 Å². The fraction of sp³-hybridized carbons (Fsp3) is 0.562. The zero-order chi connectivity index (χ0) is 15.2. The van der Waals surface area contributed by atoms with Crippen LogP contribution in [0.1, 0.15) is 41.0 Å². The van der Waals surface area contributed by atoms with Crippen LogP contribution in [0.25, 0.3) is 0 Å². The average Bonchev–Trinajstić information content (AvgIpc) is 2.35. The fourth-order valence-electron chi connectivity index (χ4n) is 2.27. The van der Waals surface area contributed by atoms with Gasteiger partial charge in [0, 0.05) is 6.42 Å². The van der Waals surface area contributed by atoms with Crippen molar-refractivity contribution in [3.05, 3.63) is 30.3 Å². The van der Waals surface area contributed by atoms with E-state index in [0.717, 1.165) is 5.69 Å². The predicted molar refractivity (Wildman–Crippen MR) is 79.9 cm³/mol. The van der Waals surface area contributed by atoms with Crippen molar-refractivity contribution in [2.24, 2.45) is 10.2 Å². The summed E-state index contributed by atoms with van der Waals surface area (Å²) in [6.45, 7) is 9.69. The maximum absolute atomic E-state index is 9.40. The summed E-state index contributed by atoms with van der Waals surface area (Å²) in [4.78, 5) is 0. The maximum Gasteiger partial charge on any atom is 0.167 e. The number of nitrogens with zero attached hydrogens (tertiary/aromatic N) is 3. The van der Waals surface area contributed by atoms with Crippen molar-refractivity contribution >= 4 is 5.69 Å². The highest BCUT2D eigenvalue weighted by molar-refractivity contribution is 5.35. The van der Waals surface area contributed by atoms with Gasteiger partial charge in [-0.2, -0.15) is 15.5 Å². The molecule has 0 heterocycles. The van der Waals surface area contributed by atoms with E-state index in [2.05, 4.69) is 16.3 Å². The summed E-state index contributed by atoms with van der Waals surface area (Å²) >= 11 is 0. The Morgan fingerprint density at radius 3 is 2.30 bits per heavy atom. The number of hydrogen-bond acceptors (Lipinski definition) is 4. The number of ether oxygens (including phenoxy) is 1. The lowest BCUT2D eigenvalue weighted by Gasteiger charge is -2.31. The Balaban J connectivity index is 2.82. The second-order valence-electron chi connectivity index (χ2n) is 6.02. The first-order valence-corrected chi connectivity index (χ1v) is 6.83. The van der Waals surface area contributed by atoms with E-state index < -0.39 is 11.1 Å². The Morgan fingerprint density at radius 2 is 1.80 bits per heavy atom. The largest absolute Gasteiger partial charge is 0.373 e. The van der Waals surface area contributed by atoms with Crippen molar-refractivity contribution in [2.45, 2.75) is 58.3 Å². The summed E-state index contributed by atoms with van der Waals surface area (Å²) in [6.07, 6.45) is 0.601. The van der Waals surface area contributed by atoms with Crippen molar-refractivity contribution in [2.75, 3.05) is 0 Å². The number of azo groups is 1. The van der Waals surface area contributed by atoms with Crippen LogP contribution in [0, 0.1) is 11.3 Å². The molecule has 1 atom stereocenters. The lowest BCUT2D eigenvalue weighted by atomic mass is 9.89. The molecule has 1 aromatic carbocycles. The number of hydrogen-bond donors (Lipinski definition) is 0. The molecular weight excluding hydrogens is 250 g/mol. The van der Waals surface area contributed by atoms with Gasteiger partial charge >= 0.3 is 0 Å². The third-order valence-corrected chi connectivity index (χ3v) is 2.71. The first kappa shape index (κ1) is 16.3. The Morgan fingerprint density at radius 1 is 1.20 bits per heavy atom. The highest BCUT2D eigenvalue weighted by Gasteiger charge is 2.34. The van der Waals surface area contributed by atoms with Crippen molar-refractivity contribution in [3.63, 3.8) is 0 Å². The zero-order valence-corrected chi connectivity index (χ0v) is 12.9. The van der Waals surface area contributed by atoms with Crippen LogP contribution < -0.4 is 0 Å². The summed E-state index contributed by atoms with van der Waals surface area (Å²) in [6, 6.07) is 11.7. The van der Waals surface area contributed by atoms with Crippen LogP contribution >= 0.6 is 0 Å². The molecule has 0 aliphatic heterocycles. The molecule has 0 saturated carbocycles. The topological polar surface area (TPSA) is 57.7 Å². The molecule has 0 amide bonds. The van der Waals surface area contributed by atoms with Gasteiger partial charge in [-0.3, -0.25) is 0 Å². The number of rotatable bonds is 6. The van der Waals surface area contributed by atoms with E-state index in [9.17, 15) is 5.26 Å². The summed E-state index contributed by atoms with van der Waals surface area (Å²) in [5, 5.41) is 17.8. The minimum atomic E-state index is -0.895. The Kier molecular flexibility index (Phi) is 5.41. The summed E-state index contributed by atoms with van der Waals surface area (Å²) in [7, 11) is 0. The van der Waals surface area contributed by atoms with Gasteiger partial charge in [0.05, 0.1) is 23.5 Å². The zero-order valence-electron chi connectivity index (χ0n) is 12.9. The van der Waals surface area contributed by atoms with Gasteiger partial charge in [0.25, 0.3) is 0 Å². The molecule has 0 fully saturated rings. The van der Waals surface area contributed by atoms with Gasteiger partial charge in [0.15, 0.2) is 5.54 Å². The minimum absolute atomic E-state index is 0.110.